The van der Waals surface area contributed by atoms with Crippen molar-refractivity contribution in [2.24, 2.45) is 0 Å². The predicted molar refractivity (Wildman–Crippen MR) is 200 cm³/mol. The maximum atomic E-state index is 12.9. The lowest BCUT2D eigenvalue weighted by Crippen LogP contribution is -2.61. The maximum Gasteiger partial charge on any atom is 0.341 e. The highest BCUT2D eigenvalue weighted by atomic mass is 32.2. The average molecular weight is 775 g/mol. The van der Waals surface area contributed by atoms with Crippen LogP contribution in [0.2, 0.25) is 0 Å². The second-order valence-corrected chi connectivity index (χ2v) is 14.8. The van der Waals surface area contributed by atoms with Gasteiger partial charge in [0.15, 0.2) is 0 Å². The van der Waals surface area contributed by atoms with Gasteiger partial charge in [-0.15, -0.1) is 0 Å². The minimum atomic E-state index is -1.59. The van der Waals surface area contributed by atoms with Gasteiger partial charge in [-0.1, -0.05) is 72.4 Å². The Labute approximate surface area is 316 Å². The molecule has 4 heterocycles. The number of hydrogen-bond donors (Lipinski definition) is 6. The van der Waals surface area contributed by atoms with Gasteiger partial charge in [0.05, 0.1) is 37.6 Å². The lowest BCUT2D eigenvalue weighted by molar-refractivity contribution is -0.231. The summed E-state index contributed by atoms with van der Waals surface area (Å²) < 4.78 is 34.6. The fourth-order valence-electron chi connectivity index (χ4n) is 7.25. The molecule has 0 amide bonds. The summed E-state index contributed by atoms with van der Waals surface area (Å²) in [5, 5.41) is 70.0. The van der Waals surface area contributed by atoms with Gasteiger partial charge < -0.3 is 58.4 Å². The molecule has 2 aromatic heterocycles. The van der Waals surface area contributed by atoms with E-state index in [1.165, 1.54) is 0 Å². The Kier molecular flexibility index (Phi) is 10.8. The average Bonchev–Trinajstić information content (AvgIpc) is 3.19. The molecule has 55 heavy (non-hydrogen) atoms. The molecule has 6 aromatic rings. The summed E-state index contributed by atoms with van der Waals surface area (Å²) in [7, 11) is 0. The Morgan fingerprint density at radius 3 is 1.38 bits per heavy atom. The number of thioether (sulfide) groups is 1. The van der Waals surface area contributed by atoms with Crippen LogP contribution < -0.4 is 11.3 Å². The van der Waals surface area contributed by atoms with E-state index < -0.39 is 84.2 Å². The van der Waals surface area contributed by atoms with E-state index in [1.807, 2.05) is 60.7 Å². The van der Waals surface area contributed by atoms with Crippen LogP contribution in [0.1, 0.15) is 11.1 Å². The monoisotopic (exact) mass is 774 g/mol. The number of rotatable bonds is 10. The molecule has 288 valence electrons. The van der Waals surface area contributed by atoms with Crippen molar-refractivity contribution in [2.75, 3.05) is 13.2 Å². The van der Waals surface area contributed by atoms with Crippen LogP contribution in [-0.4, -0.2) is 104 Å². The molecule has 2 saturated heterocycles. The zero-order valence-corrected chi connectivity index (χ0v) is 29.9. The van der Waals surface area contributed by atoms with Crippen LogP contribution in [0.3, 0.4) is 0 Å². The van der Waals surface area contributed by atoms with E-state index in [1.54, 1.807) is 24.3 Å². The molecule has 0 spiro atoms. The highest BCUT2D eigenvalue weighted by molar-refractivity contribution is 8.00. The molecular formula is C40H38O14S. The van der Waals surface area contributed by atoms with Crippen molar-refractivity contribution in [1.29, 1.82) is 0 Å². The Bertz CT molecular complexity index is 2280. The van der Waals surface area contributed by atoms with Gasteiger partial charge in [0.25, 0.3) is 0 Å². The van der Waals surface area contributed by atoms with E-state index in [0.29, 0.717) is 21.9 Å². The van der Waals surface area contributed by atoms with E-state index in [2.05, 4.69) is 0 Å². The Hall–Kier alpha value is -4.23. The van der Waals surface area contributed by atoms with Gasteiger partial charge >= 0.3 is 11.3 Å². The first-order valence-electron chi connectivity index (χ1n) is 17.7. The zero-order chi connectivity index (χ0) is 38.4. The molecule has 6 N–H and O–H groups in total. The SMILES string of the molecule is O=c1oc2ccc3ccccc3c2cc1COC1[C@@H](O)C(CO)O[C@@H](S[C@@H]2OC(CO)[C@H](O)[C@H](OCc3cc4c(ccc5ccccc54)oc3=O)C2O)[C@@H]1O. The molecule has 15 heteroatoms. The topological polar surface area (TPSA) is 219 Å². The molecule has 14 nitrogen and oxygen atoms in total. The van der Waals surface area contributed by atoms with E-state index in [-0.39, 0.29) is 24.3 Å². The summed E-state index contributed by atoms with van der Waals surface area (Å²) in [6, 6.07) is 25.5. The van der Waals surface area contributed by atoms with Gasteiger partial charge in [0.1, 0.15) is 70.9 Å². The van der Waals surface area contributed by atoms with E-state index in [0.717, 1.165) is 33.3 Å². The molecule has 2 fully saturated rings. The van der Waals surface area contributed by atoms with E-state index >= 15 is 0 Å². The maximum absolute atomic E-state index is 12.9. The van der Waals surface area contributed by atoms with Crippen molar-refractivity contribution in [3.05, 3.63) is 117 Å². The summed E-state index contributed by atoms with van der Waals surface area (Å²) >= 11 is 0.754. The molecule has 2 aliphatic rings. The number of ether oxygens (including phenoxy) is 4. The Morgan fingerprint density at radius 1 is 0.545 bits per heavy atom. The summed E-state index contributed by atoms with van der Waals surface area (Å²) in [6.07, 6.45) is -11.5. The minimum absolute atomic E-state index is 0.124. The Balaban J connectivity index is 0.998. The largest absolute Gasteiger partial charge is 0.422 e. The highest BCUT2D eigenvalue weighted by Crippen LogP contribution is 2.38. The van der Waals surface area contributed by atoms with Crippen molar-refractivity contribution < 1.29 is 58.4 Å². The van der Waals surface area contributed by atoms with Crippen molar-refractivity contribution >= 4 is 55.2 Å². The normalized spacial score (nSPS) is 28.7. The van der Waals surface area contributed by atoms with Crippen LogP contribution in [-0.2, 0) is 32.2 Å². The number of hydrogen-bond acceptors (Lipinski definition) is 15. The lowest BCUT2D eigenvalue weighted by Gasteiger charge is -2.46. The standard InChI is InChI=1S/C40H38O14S/c41-15-29-31(43)35(49-17-21-13-25-23-7-3-1-5-19(23)9-11-27(25)51-37(21)47)33(45)39(53-29)55-40-34(46)36(32(44)30(16-42)54-40)50-18-22-14-26-24-8-4-2-6-20(24)10-12-28(26)52-38(22)48/h1-14,29-36,39-46H,15-18H2/t29?,30?,31-,32-,33+,34?,35?,36-,39-,40-/m0/s1. The predicted octanol–water partition coefficient (Wildman–Crippen LogP) is 2.29. The van der Waals surface area contributed by atoms with Crippen molar-refractivity contribution in [3.8, 4) is 0 Å². The van der Waals surface area contributed by atoms with Gasteiger partial charge in [-0.2, -0.15) is 0 Å². The number of fused-ring (bicyclic) bond motifs is 6. The molecule has 10 atom stereocenters. The van der Waals surface area contributed by atoms with Gasteiger partial charge in [-0.05, 0) is 45.8 Å². The van der Waals surface area contributed by atoms with Crippen LogP contribution in [0.4, 0.5) is 0 Å². The quantitative estimate of drug-likeness (QED) is 0.0869. The molecule has 0 radical (unpaired) electrons. The van der Waals surface area contributed by atoms with Crippen LogP contribution >= 0.6 is 11.8 Å². The minimum Gasteiger partial charge on any atom is -0.422 e. The summed E-state index contributed by atoms with van der Waals surface area (Å²) in [6.45, 7) is -2.08. The smallest absolute Gasteiger partial charge is 0.341 e. The fraction of sp³-hybridized carbons (Fsp3) is 0.350. The molecule has 8 rings (SSSR count). The van der Waals surface area contributed by atoms with E-state index in [4.69, 9.17) is 27.8 Å². The van der Waals surface area contributed by atoms with Crippen LogP contribution in [0.5, 0.6) is 0 Å². The molecule has 4 unspecified atom stereocenters. The Morgan fingerprint density at radius 2 is 0.964 bits per heavy atom. The van der Waals surface area contributed by atoms with Crippen molar-refractivity contribution in [2.45, 2.75) is 72.9 Å². The summed E-state index contributed by atoms with van der Waals surface area (Å²) in [4.78, 5) is 25.8. The lowest BCUT2D eigenvalue weighted by atomic mass is 9.99. The molecule has 4 aromatic carbocycles. The van der Waals surface area contributed by atoms with Crippen LogP contribution in [0.15, 0.2) is 103 Å². The van der Waals surface area contributed by atoms with E-state index in [9.17, 15) is 40.2 Å². The van der Waals surface area contributed by atoms with Gasteiger partial charge in [0, 0.05) is 10.8 Å². The van der Waals surface area contributed by atoms with Crippen molar-refractivity contribution in [1.82, 2.24) is 0 Å². The molecular weight excluding hydrogens is 736 g/mol. The molecule has 2 aliphatic heterocycles. The fourth-order valence-corrected chi connectivity index (χ4v) is 8.56. The number of benzene rings is 4. The first kappa shape index (κ1) is 37.7. The first-order chi connectivity index (χ1) is 26.6. The molecule has 0 saturated carbocycles. The number of aliphatic hydroxyl groups is 6. The summed E-state index contributed by atoms with van der Waals surface area (Å²) in [5.41, 5.74) is -2.92. The van der Waals surface area contributed by atoms with Crippen molar-refractivity contribution in [3.63, 3.8) is 0 Å². The van der Waals surface area contributed by atoms with Gasteiger partial charge in [-0.25, -0.2) is 9.59 Å². The third-order valence-electron chi connectivity index (χ3n) is 10.2. The second-order valence-electron chi connectivity index (χ2n) is 13.6. The third kappa shape index (κ3) is 7.18. The van der Waals surface area contributed by atoms with Crippen LogP contribution in [0.25, 0.3) is 43.5 Å². The molecule has 0 aliphatic carbocycles. The highest BCUT2D eigenvalue weighted by Gasteiger charge is 2.51. The molecule has 0 bridgehead atoms. The number of aliphatic hydroxyl groups excluding tert-OH is 6. The van der Waals surface area contributed by atoms with Crippen LogP contribution in [0, 0.1) is 0 Å². The first-order valence-corrected chi connectivity index (χ1v) is 18.6. The third-order valence-corrected chi connectivity index (χ3v) is 11.5. The second kappa shape index (κ2) is 15.7. The van der Waals surface area contributed by atoms with Gasteiger partial charge in [0.2, 0.25) is 0 Å². The zero-order valence-electron chi connectivity index (χ0n) is 29.0. The van der Waals surface area contributed by atoms with Gasteiger partial charge in [-0.3, -0.25) is 0 Å². The summed E-state index contributed by atoms with van der Waals surface area (Å²) in [5.74, 6) is 0.